The van der Waals surface area contributed by atoms with E-state index in [0.717, 1.165) is 0 Å². The molecule has 4 atom stereocenters. The second-order valence-electron chi connectivity index (χ2n) is 6.70. The Morgan fingerprint density at radius 2 is 1.38 bits per heavy atom. The summed E-state index contributed by atoms with van der Waals surface area (Å²) >= 11 is 1.34. The Labute approximate surface area is 187 Å². The quantitative estimate of drug-likeness (QED) is 0.107. The smallest absolute Gasteiger partial charge is 0.328 e. The average molecular weight is 480 g/mol. The van der Waals surface area contributed by atoms with Crippen molar-refractivity contribution in [2.24, 2.45) is 11.5 Å². The van der Waals surface area contributed by atoms with E-state index >= 15 is 0 Å². The first-order chi connectivity index (χ1) is 14.9. The normalized spacial score (nSPS) is 14.3. The summed E-state index contributed by atoms with van der Waals surface area (Å²) in [4.78, 5) is 70.1. The highest BCUT2D eigenvalue weighted by Gasteiger charge is 2.30. The van der Waals surface area contributed by atoms with Crippen LogP contribution in [0.15, 0.2) is 0 Å². The molecule has 0 saturated heterocycles. The molecule has 0 aromatic rings. The maximum Gasteiger partial charge on any atom is 0.328 e. The van der Waals surface area contributed by atoms with Gasteiger partial charge in [-0.2, -0.15) is 11.8 Å². The van der Waals surface area contributed by atoms with E-state index in [0.29, 0.717) is 5.75 Å². The van der Waals surface area contributed by atoms with Crippen LogP contribution in [0.4, 0.5) is 0 Å². The van der Waals surface area contributed by atoms with Gasteiger partial charge in [-0.3, -0.25) is 24.0 Å². The van der Waals surface area contributed by atoms with Crippen molar-refractivity contribution in [2.45, 2.75) is 49.9 Å². The minimum absolute atomic E-state index is 0.0806. The molecule has 0 aromatic carbocycles. The third-order valence-corrected chi connectivity index (χ3v) is 4.72. The topological polar surface area (TPSA) is 251 Å². The zero-order chi connectivity index (χ0) is 24.8. The van der Waals surface area contributed by atoms with Crippen LogP contribution >= 0.6 is 11.8 Å². The molecule has 0 saturated carbocycles. The van der Waals surface area contributed by atoms with Gasteiger partial charge in [0.25, 0.3) is 0 Å². The molecule has 10 N–H and O–H groups in total. The van der Waals surface area contributed by atoms with Crippen molar-refractivity contribution in [3.63, 3.8) is 0 Å². The van der Waals surface area contributed by atoms with E-state index in [4.69, 9.17) is 26.8 Å². The number of amides is 4. The summed E-state index contributed by atoms with van der Waals surface area (Å²) in [5, 5.41) is 33.6. The van der Waals surface area contributed by atoms with Gasteiger partial charge in [-0.1, -0.05) is 0 Å². The fourth-order valence-corrected chi connectivity index (χ4v) is 2.83. The van der Waals surface area contributed by atoms with E-state index < -0.39 is 79.2 Å². The summed E-state index contributed by atoms with van der Waals surface area (Å²) in [5.41, 5.74) is 10.5. The number of nitrogens with one attached hydrogen (secondary N) is 3. The summed E-state index contributed by atoms with van der Waals surface area (Å²) in [7, 11) is 0. The van der Waals surface area contributed by atoms with E-state index in [2.05, 4.69) is 16.0 Å². The summed E-state index contributed by atoms with van der Waals surface area (Å²) < 4.78 is 0. The lowest BCUT2D eigenvalue weighted by molar-refractivity contribution is -0.143. The van der Waals surface area contributed by atoms with Crippen LogP contribution in [0.3, 0.4) is 0 Å². The molecular weight excluding hydrogens is 450 g/mol. The fraction of sp³-hybridized carbons (Fsp3) is 0.647. The maximum atomic E-state index is 12.7. The van der Waals surface area contributed by atoms with Crippen LogP contribution in [0, 0.1) is 0 Å². The van der Waals surface area contributed by atoms with Gasteiger partial charge in [0.1, 0.15) is 18.1 Å². The summed E-state index contributed by atoms with van der Waals surface area (Å²) in [6.45, 7) is -0.876. The average Bonchev–Trinajstić information content (AvgIpc) is 2.70. The lowest BCUT2D eigenvalue weighted by atomic mass is 10.1. The number of aliphatic carboxylic acids is 2. The summed E-state index contributed by atoms with van der Waals surface area (Å²) in [6, 6.07) is -5.60. The van der Waals surface area contributed by atoms with Crippen LogP contribution in [-0.2, 0) is 28.8 Å². The van der Waals surface area contributed by atoms with Crippen molar-refractivity contribution in [3.05, 3.63) is 0 Å². The van der Waals surface area contributed by atoms with Gasteiger partial charge < -0.3 is 42.7 Å². The van der Waals surface area contributed by atoms with Crippen molar-refractivity contribution >= 4 is 47.3 Å². The molecule has 0 aliphatic rings. The number of nitrogens with two attached hydrogens (primary N) is 2. The maximum absolute atomic E-state index is 12.7. The molecule has 0 bridgehead atoms. The Bertz CT molecular complexity index is 706. The van der Waals surface area contributed by atoms with E-state index in [-0.39, 0.29) is 12.8 Å². The molecule has 0 heterocycles. The minimum Gasteiger partial charge on any atom is -0.481 e. The Morgan fingerprint density at radius 3 is 1.81 bits per heavy atom. The molecule has 14 nitrogen and oxygen atoms in total. The van der Waals surface area contributed by atoms with Gasteiger partial charge in [0, 0.05) is 6.42 Å². The number of carboxylic acids is 2. The molecule has 0 aromatic heterocycles. The SMILES string of the molecule is CSCCC(NC(=O)C(CCC(=O)O)NC(=O)C(N)CC(N)=O)C(=O)NC(CO)C(=O)O. The third kappa shape index (κ3) is 11.5. The van der Waals surface area contributed by atoms with Crippen LogP contribution in [0.2, 0.25) is 0 Å². The molecule has 182 valence electrons. The highest BCUT2D eigenvalue weighted by Crippen LogP contribution is 2.05. The number of hydrogen-bond acceptors (Lipinski definition) is 9. The number of primary amides is 1. The first-order valence-electron chi connectivity index (χ1n) is 9.42. The van der Waals surface area contributed by atoms with Gasteiger partial charge in [-0.05, 0) is 24.9 Å². The van der Waals surface area contributed by atoms with Crippen LogP contribution in [0.1, 0.15) is 25.7 Å². The van der Waals surface area contributed by atoms with Crippen LogP contribution in [-0.4, -0.2) is 93.7 Å². The highest BCUT2D eigenvalue weighted by molar-refractivity contribution is 7.98. The van der Waals surface area contributed by atoms with Gasteiger partial charge in [0.15, 0.2) is 0 Å². The van der Waals surface area contributed by atoms with Crippen LogP contribution in [0.25, 0.3) is 0 Å². The molecule has 4 amide bonds. The Morgan fingerprint density at radius 1 is 0.875 bits per heavy atom. The number of hydrogen-bond donors (Lipinski definition) is 8. The fourth-order valence-electron chi connectivity index (χ4n) is 2.36. The molecule has 0 aliphatic carbocycles. The lowest BCUT2D eigenvalue weighted by Gasteiger charge is -2.24. The van der Waals surface area contributed by atoms with Crippen molar-refractivity contribution < 1.29 is 44.1 Å². The Hall–Kier alpha value is -2.91. The molecule has 4 unspecified atom stereocenters. The number of carbonyl (C=O) groups is 6. The summed E-state index contributed by atoms with van der Waals surface area (Å²) in [6.07, 6.45) is 0.464. The first kappa shape index (κ1) is 29.1. The highest BCUT2D eigenvalue weighted by atomic mass is 32.2. The number of carbonyl (C=O) groups excluding carboxylic acids is 4. The zero-order valence-electron chi connectivity index (χ0n) is 17.4. The van der Waals surface area contributed by atoms with Gasteiger partial charge in [0.05, 0.1) is 19.1 Å². The first-order valence-corrected chi connectivity index (χ1v) is 10.8. The standard InChI is InChI=1S/C17H29N5O9S/c1-32-5-4-10(16(29)22-11(7-23)17(30)31)21-15(28)9(2-3-13(25)26)20-14(27)8(18)6-12(19)24/h8-11,23H,2-7,18H2,1H3,(H2,19,24)(H,20,27)(H,21,28)(H,22,29)(H,25,26)(H,30,31). The van der Waals surface area contributed by atoms with Crippen LogP contribution in [0.5, 0.6) is 0 Å². The number of aliphatic hydroxyl groups is 1. The van der Waals surface area contributed by atoms with Crippen molar-refractivity contribution in [1.82, 2.24) is 16.0 Å². The molecule has 0 fully saturated rings. The van der Waals surface area contributed by atoms with Crippen molar-refractivity contribution in [3.8, 4) is 0 Å². The predicted octanol–water partition coefficient (Wildman–Crippen LogP) is -3.66. The number of rotatable bonds is 16. The van der Waals surface area contributed by atoms with E-state index in [9.17, 15) is 28.8 Å². The molecule has 0 radical (unpaired) electrons. The second kappa shape index (κ2) is 15.0. The largest absolute Gasteiger partial charge is 0.481 e. The van der Waals surface area contributed by atoms with Gasteiger partial charge in [-0.15, -0.1) is 0 Å². The predicted molar refractivity (Wildman–Crippen MR) is 112 cm³/mol. The number of aliphatic hydroxyl groups excluding tert-OH is 1. The molecular formula is C17H29N5O9S. The summed E-state index contributed by atoms with van der Waals surface area (Å²) in [5.74, 6) is -5.92. The van der Waals surface area contributed by atoms with Crippen LogP contribution < -0.4 is 27.4 Å². The lowest BCUT2D eigenvalue weighted by Crippen LogP contribution is -2.57. The van der Waals surface area contributed by atoms with Crippen molar-refractivity contribution in [1.29, 1.82) is 0 Å². The Kier molecular flexibility index (Phi) is 13.6. The Balaban J connectivity index is 5.44. The molecule has 0 spiro atoms. The molecule has 0 aliphatic heterocycles. The van der Waals surface area contributed by atoms with E-state index in [1.807, 2.05) is 0 Å². The monoisotopic (exact) mass is 479 g/mol. The minimum atomic E-state index is -1.59. The van der Waals surface area contributed by atoms with E-state index in [1.165, 1.54) is 11.8 Å². The zero-order valence-corrected chi connectivity index (χ0v) is 18.2. The van der Waals surface area contributed by atoms with E-state index in [1.54, 1.807) is 6.26 Å². The second-order valence-corrected chi connectivity index (χ2v) is 7.68. The van der Waals surface area contributed by atoms with Gasteiger partial charge in [0.2, 0.25) is 23.6 Å². The number of carboxylic acid groups (broad SMARTS) is 2. The van der Waals surface area contributed by atoms with Crippen molar-refractivity contribution in [2.75, 3.05) is 18.6 Å². The third-order valence-electron chi connectivity index (χ3n) is 4.08. The van der Waals surface area contributed by atoms with Gasteiger partial charge >= 0.3 is 11.9 Å². The van der Waals surface area contributed by atoms with Gasteiger partial charge in [-0.25, -0.2) is 4.79 Å². The number of thioether (sulfide) groups is 1. The molecule has 32 heavy (non-hydrogen) atoms. The molecule has 15 heteroatoms. The molecule has 0 rings (SSSR count).